The maximum absolute atomic E-state index is 8.86. The van der Waals surface area contributed by atoms with Gasteiger partial charge in [0, 0.05) is 24.5 Å². The number of hydrogen-bond donors (Lipinski definition) is 1. The third kappa shape index (κ3) is 3.52. The summed E-state index contributed by atoms with van der Waals surface area (Å²) in [6.45, 7) is 4.00. The highest BCUT2D eigenvalue weighted by atomic mass is 15.1. The molecule has 0 atom stereocenters. The Kier molecular flexibility index (Phi) is 4.62. The molecule has 102 valence electrons. The second kappa shape index (κ2) is 6.63. The SMILES string of the molecule is CCCN(Cc1ccc(N)cc1)c1ccc(C#N)cc1. The van der Waals surface area contributed by atoms with Crippen LogP contribution in [0.3, 0.4) is 0 Å². The lowest BCUT2D eigenvalue weighted by Gasteiger charge is -2.24. The van der Waals surface area contributed by atoms with Gasteiger partial charge in [-0.15, -0.1) is 0 Å². The molecule has 0 heterocycles. The molecule has 3 nitrogen and oxygen atoms in total. The van der Waals surface area contributed by atoms with Gasteiger partial charge in [-0.1, -0.05) is 19.1 Å². The number of nitrogens with zero attached hydrogens (tertiary/aromatic N) is 2. The van der Waals surface area contributed by atoms with Crippen LogP contribution in [0.2, 0.25) is 0 Å². The molecule has 20 heavy (non-hydrogen) atoms. The lowest BCUT2D eigenvalue weighted by Crippen LogP contribution is -2.23. The smallest absolute Gasteiger partial charge is 0.0991 e. The van der Waals surface area contributed by atoms with E-state index in [0.717, 1.165) is 30.9 Å². The number of nitriles is 1. The molecular formula is C17H19N3. The summed E-state index contributed by atoms with van der Waals surface area (Å²) in [5.41, 5.74) is 9.57. The molecule has 2 aromatic carbocycles. The minimum Gasteiger partial charge on any atom is -0.399 e. The van der Waals surface area contributed by atoms with Crippen LogP contribution in [0, 0.1) is 11.3 Å². The predicted octanol–water partition coefficient (Wildman–Crippen LogP) is 3.56. The minimum atomic E-state index is 0.692. The van der Waals surface area contributed by atoms with E-state index < -0.39 is 0 Å². The molecule has 0 spiro atoms. The molecular weight excluding hydrogens is 246 g/mol. The summed E-state index contributed by atoms with van der Waals surface area (Å²) in [6.07, 6.45) is 1.08. The zero-order valence-electron chi connectivity index (χ0n) is 11.7. The highest BCUT2D eigenvalue weighted by molar-refractivity contribution is 5.50. The van der Waals surface area contributed by atoms with E-state index in [1.165, 1.54) is 5.56 Å². The van der Waals surface area contributed by atoms with Crippen LogP contribution in [-0.4, -0.2) is 6.54 Å². The molecule has 0 bridgehead atoms. The lowest BCUT2D eigenvalue weighted by atomic mass is 10.1. The van der Waals surface area contributed by atoms with Crippen molar-refractivity contribution in [1.29, 1.82) is 5.26 Å². The summed E-state index contributed by atoms with van der Waals surface area (Å²) < 4.78 is 0. The maximum atomic E-state index is 8.86. The molecule has 0 radical (unpaired) electrons. The van der Waals surface area contributed by atoms with E-state index in [1.54, 1.807) is 0 Å². The Morgan fingerprint density at radius 3 is 2.25 bits per heavy atom. The fraction of sp³-hybridized carbons (Fsp3) is 0.235. The van der Waals surface area contributed by atoms with Gasteiger partial charge in [-0.2, -0.15) is 5.26 Å². The van der Waals surface area contributed by atoms with Gasteiger partial charge in [-0.25, -0.2) is 0 Å². The normalized spacial score (nSPS) is 10.0. The zero-order chi connectivity index (χ0) is 14.4. The molecule has 2 rings (SSSR count). The van der Waals surface area contributed by atoms with Crippen LogP contribution in [0.15, 0.2) is 48.5 Å². The van der Waals surface area contributed by atoms with Crippen LogP contribution in [0.25, 0.3) is 0 Å². The molecule has 0 fully saturated rings. The molecule has 0 aliphatic carbocycles. The molecule has 0 aliphatic rings. The first-order valence-corrected chi connectivity index (χ1v) is 6.82. The van der Waals surface area contributed by atoms with E-state index in [1.807, 2.05) is 36.4 Å². The highest BCUT2D eigenvalue weighted by Crippen LogP contribution is 2.19. The van der Waals surface area contributed by atoms with E-state index in [0.29, 0.717) is 5.56 Å². The maximum Gasteiger partial charge on any atom is 0.0991 e. The van der Waals surface area contributed by atoms with Gasteiger partial charge in [-0.05, 0) is 48.4 Å². The standard InChI is InChI=1S/C17H19N3/c1-2-11-20(13-15-3-7-16(19)8-4-15)17-9-5-14(12-18)6-10-17/h3-10H,2,11,13,19H2,1H3. The Balaban J connectivity index is 2.17. The van der Waals surface area contributed by atoms with Crippen molar-refractivity contribution in [3.05, 3.63) is 59.7 Å². The molecule has 0 unspecified atom stereocenters. The molecule has 2 aromatic rings. The average Bonchev–Trinajstić information content (AvgIpc) is 2.49. The number of rotatable bonds is 5. The average molecular weight is 265 g/mol. The van der Waals surface area contributed by atoms with Crippen molar-refractivity contribution in [3.8, 4) is 6.07 Å². The van der Waals surface area contributed by atoms with Gasteiger partial charge >= 0.3 is 0 Å². The molecule has 0 aliphatic heterocycles. The molecule has 0 aromatic heterocycles. The first-order chi connectivity index (χ1) is 9.72. The van der Waals surface area contributed by atoms with Crippen LogP contribution >= 0.6 is 0 Å². The van der Waals surface area contributed by atoms with Gasteiger partial charge in [0.25, 0.3) is 0 Å². The third-order valence-electron chi connectivity index (χ3n) is 3.21. The van der Waals surface area contributed by atoms with Gasteiger partial charge < -0.3 is 10.6 Å². The van der Waals surface area contributed by atoms with Crippen molar-refractivity contribution in [2.24, 2.45) is 0 Å². The van der Waals surface area contributed by atoms with E-state index in [2.05, 4.69) is 30.0 Å². The summed E-state index contributed by atoms with van der Waals surface area (Å²) in [7, 11) is 0. The van der Waals surface area contributed by atoms with Crippen molar-refractivity contribution in [1.82, 2.24) is 0 Å². The van der Waals surface area contributed by atoms with Crippen LogP contribution in [-0.2, 0) is 6.54 Å². The molecule has 0 saturated heterocycles. The van der Waals surface area contributed by atoms with Crippen molar-refractivity contribution in [2.45, 2.75) is 19.9 Å². The van der Waals surface area contributed by atoms with Crippen LogP contribution in [0.1, 0.15) is 24.5 Å². The zero-order valence-corrected chi connectivity index (χ0v) is 11.7. The van der Waals surface area contributed by atoms with Crippen LogP contribution in [0.5, 0.6) is 0 Å². The number of hydrogen-bond acceptors (Lipinski definition) is 3. The second-order valence-electron chi connectivity index (χ2n) is 4.82. The topological polar surface area (TPSA) is 53.0 Å². The summed E-state index contributed by atoms with van der Waals surface area (Å²) in [6, 6.07) is 17.9. The molecule has 0 saturated carbocycles. The number of nitrogens with two attached hydrogens (primary N) is 1. The number of nitrogen functional groups attached to an aromatic ring is 1. The Morgan fingerprint density at radius 1 is 1.05 bits per heavy atom. The van der Waals surface area contributed by atoms with Gasteiger partial charge in [0.1, 0.15) is 0 Å². The Morgan fingerprint density at radius 2 is 1.70 bits per heavy atom. The van der Waals surface area contributed by atoms with Gasteiger partial charge in [0.05, 0.1) is 11.6 Å². The Labute approximate surface area is 120 Å². The van der Waals surface area contributed by atoms with Crippen molar-refractivity contribution < 1.29 is 0 Å². The lowest BCUT2D eigenvalue weighted by molar-refractivity contribution is 0.767. The fourth-order valence-corrected chi connectivity index (χ4v) is 2.16. The minimum absolute atomic E-state index is 0.692. The summed E-state index contributed by atoms with van der Waals surface area (Å²) in [5.74, 6) is 0. The Bertz CT molecular complexity index is 579. The van der Waals surface area contributed by atoms with E-state index in [-0.39, 0.29) is 0 Å². The number of benzene rings is 2. The van der Waals surface area contributed by atoms with Crippen LogP contribution < -0.4 is 10.6 Å². The van der Waals surface area contributed by atoms with Gasteiger partial charge in [0.2, 0.25) is 0 Å². The van der Waals surface area contributed by atoms with Crippen molar-refractivity contribution >= 4 is 11.4 Å². The first-order valence-electron chi connectivity index (χ1n) is 6.82. The Hall–Kier alpha value is -2.47. The quantitative estimate of drug-likeness (QED) is 0.841. The largest absolute Gasteiger partial charge is 0.399 e. The molecule has 3 heteroatoms. The highest BCUT2D eigenvalue weighted by Gasteiger charge is 2.06. The predicted molar refractivity (Wildman–Crippen MR) is 83.4 cm³/mol. The van der Waals surface area contributed by atoms with Crippen LogP contribution in [0.4, 0.5) is 11.4 Å². The van der Waals surface area contributed by atoms with Gasteiger partial charge in [-0.3, -0.25) is 0 Å². The van der Waals surface area contributed by atoms with Crippen molar-refractivity contribution in [2.75, 3.05) is 17.2 Å². The molecule has 2 N–H and O–H groups in total. The van der Waals surface area contributed by atoms with E-state index in [9.17, 15) is 0 Å². The van der Waals surface area contributed by atoms with E-state index in [4.69, 9.17) is 11.0 Å². The fourth-order valence-electron chi connectivity index (χ4n) is 2.16. The van der Waals surface area contributed by atoms with Gasteiger partial charge in [0.15, 0.2) is 0 Å². The number of anilines is 2. The summed E-state index contributed by atoms with van der Waals surface area (Å²) in [4.78, 5) is 2.31. The first kappa shape index (κ1) is 14.0. The summed E-state index contributed by atoms with van der Waals surface area (Å²) in [5, 5.41) is 8.86. The van der Waals surface area contributed by atoms with Crippen molar-refractivity contribution in [3.63, 3.8) is 0 Å². The summed E-state index contributed by atoms with van der Waals surface area (Å²) >= 11 is 0. The third-order valence-corrected chi connectivity index (χ3v) is 3.21. The monoisotopic (exact) mass is 265 g/mol. The molecule has 0 amide bonds. The second-order valence-corrected chi connectivity index (χ2v) is 4.82. The van der Waals surface area contributed by atoms with E-state index >= 15 is 0 Å².